The molecule has 0 radical (unpaired) electrons. The first kappa shape index (κ1) is 12.9. The normalized spacial score (nSPS) is 19.6. The van der Waals surface area contributed by atoms with Crippen LogP contribution in [0.25, 0.3) is 0 Å². The molecule has 1 aliphatic rings. The van der Waals surface area contributed by atoms with Crippen LogP contribution in [0, 0.1) is 13.8 Å². The van der Waals surface area contributed by atoms with E-state index in [9.17, 15) is 0 Å². The Morgan fingerprint density at radius 3 is 2.82 bits per heavy atom. The molecule has 1 atom stereocenters. The van der Waals surface area contributed by atoms with E-state index in [4.69, 9.17) is 4.74 Å². The van der Waals surface area contributed by atoms with Gasteiger partial charge in [-0.25, -0.2) is 0 Å². The predicted octanol–water partition coefficient (Wildman–Crippen LogP) is 3.37. The van der Waals surface area contributed by atoms with Gasteiger partial charge < -0.3 is 10.1 Å². The van der Waals surface area contributed by atoms with Crippen molar-refractivity contribution in [3.8, 4) is 5.75 Å². The van der Waals surface area contributed by atoms with Gasteiger partial charge in [-0.15, -0.1) is 0 Å². The molecule has 1 fully saturated rings. The van der Waals surface area contributed by atoms with Gasteiger partial charge in [-0.2, -0.15) is 0 Å². The van der Waals surface area contributed by atoms with E-state index >= 15 is 0 Å². The van der Waals surface area contributed by atoms with Crippen LogP contribution in [-0.2, 0) is 6.42 Å². The molecule has 17 heavy (non-hydrogen) atoms. The lowest BCUT2D eigenvalue weighted by Crippen LogP contribution is -2.24. The highest BCUT2D eigenvalue weighted by molar-refractivity contribution is 9.10. The van der Waals surface area contributed by atoms with Gasteiger partial charge in [0.2, 0.25) is 0 Å². The first-order valence-corrected chi connectivity index (χ1v) is 6.98. The van der Waals surface area contributed by atoms with Gasteiger partial charge in [0.05, 0.1) is 7.11 Å². The minimum atomic E-state index is 0.608. The summed E-state index contributed by atoms with van der Waals surface area (Å²) in [6, 6.07) is 2.75. The van der Waals surface area contributed by atoms with E-state index in [-0.39, 0.29) is 0 Å². The summed E-state index contributed by atoms with van der Waals surface area (Å²) in [5, 5.41) is 3.55. The molecule has 0 aliphatic carbocycles. The fourth-order valence-corrected chi connectivity index (χ4v) is 3.21. The number of ether oxygens (including phenoxy) is 1. The minimum absolute atomic E-state index is 0.608. The predicted molar refractivity (Wildman–Crippen MR) is 74.9 cm³/mol. The molecule has 1 aromatic rings. The number of methoxy groups -OCH3 is 1. The molecule has 2 nitrogen and oxygen atoms in total. The van der Waals surface area contributed by atoms with E-state index < -0.39 is 0 Å². The summed E-state index contributed by atoms with van der Waals surface area (Å²) in [4.78, 5) is 0. The van der Waals surface area contributed by atoms with Crippen molar-refractivity contribution in [3.63, 3.8) is 0 Å². The minimum Gasteiger partial charge on any atom is -0.496 e. The second-order valence-corrected chi connectivity index (χ2v) is 5.66. The Morgan fingerprint density at radius 2 is 2.24 bits per heavy atom. The third kappa shape index (κ3) is 2.66. The van der Waals surface area contributed by atoms with Crippen LogP contribution < -0.4 is 10.1 Å². The average molecular weight is 298 g/mol. The lowest BCUT2D eigenvalue weighted by molar-refractivity contribution is 0.403. The maximum Gasteiger partial charge on any atom is 0.125 e. The van der Waals surface area contributed by atoms with Gasteiger partial charge in [0.15, 0.2) is 0 Å². The van der Waals surface area contributed by atoms with Gasteiger partial charge in [-0.1, -0.05) is 15.9 Å². The van der Waals surface area contributed by atoms with E-state index in [2.05, 4.69) is 41.2 Å². The van der Waals surface area contributed by atoms with Crippen LogP contribution in [0.4, 0.5) is 0 Å². The van der Waals surface area contributed by atoms with Crippen molar-refractivity contribution >= 4 is 15.9 Å². The molecule has 0 aromatic heterocycles. The number of rotatable bonds is 3. The van der Waals surface area contributed by atoms with Crippen molar-refractivity contribution in [1.82, 2.24) is 5.32 Å². The molecule has 3 heteroatoms. The second kappa shape index (κ2) is 5.40. The van der Waals surface area contributed by atoms with Crippen LogP contribution in [0.1, 0.15) is 29.5 Å². The van der Waals surface area contributed by atoms with E-state index in [1.54, 1.807) is 7.11 Å². The van der Waals surface area contributed by atoms with Crippen molar-refractivity contribution in [2.24, 2.45) is 0 Å². The van der Waals surface area contributed by atoms with Crippen molar-refractivity contribution in [3.05, 3.63) is 27.2 Å². The van der Waals surface area contributed by atoms with Gasteiger partial charge >= 0.3 is 0 Å². The Hall–Kier alpha value is -0.540. The number of hydrogen-bond donors (Lipinski definition) is 1. The molecule has 2 rings (SSSR count). The van der Waals surface area contributed by atoms with Gasteiger partial charge in [0.1, 0.15) is 5.75 Å². The molecular weight excluding hydrogens is 278 g/mol. The highest BCUT2D eigenvalue weighted by Crippen LogP contribution is 2.33. The molecule has 1 heterocycles. The molecular formula is C14H20BrNO. The summed E-state index contributed by atoms with van der Waals surface area (Å²) in [5.74, 6) is 1.06. The average Bonchev–Trinajstić information content (AvgIpc) is 2.78. The second-order valence-electron chi connectivity index (χ2n) is 4.81. The smallest absolute Gasteiger partial charge is 0.125 e. The first-order valence-electron chi connectivity index (χ1n) is 6.19. The molecule has 0 spiro atoms. The fraction of sp³-hybridized carbons (Fsp3) is 0.571. The SMILES string of the molecule is COc1c(C)cc(Br)c(C)c1CC1CCCN1. The Bertz CT molecular complexity index is 411. The summed E-state index contributed by atoms with van der Waals surface area (Å²) in [6.45, 7) is 5.42. The van der Waals surface area contributed by atoms with Gasteiger partial charge in [0.25, 0.3) is 0 Å². The number of aryl methyl sites for hydroxylation is 1. The topological polar surface area (TPSA) is 21.3 Å². The van der Waals surface area contributed by atoms with Gasteiger partial charge in [-0.3, -0.25) is 0 Å². The Labute approximate surface area is 112 Å². The summed E-state index contributed by atoms with van der Waals surface area (Å²) in [7, 11) is 1.77. The van der Waals surface area contributed by atoms with Crippen molar-refractivity contribution in [1.29, 1.82) is 0 Å². The Balaban J connectivity index is 2.35. The molecule has 1 aromatic carbocycles. The monoisotopic (exact) mass is 297 g/mol. The summed E-state index contributed by atoms with van der Waals surface area (Å²) in [6.07, 6.45) is 3.63. The molecule has 1 unspecified atom stereocenters. The quantitative estimate of drug-likeness (QED) is 0.924. The van der Waals surface area contributed by atoms with Crippen LogP contribution >= 0.6 is 15.9 Å². The summed E-state index contributed by atoms with van der Waals surface area (Å²) < 4.78 is 6.76. The zero-order chi connectivity index (χ0) is 12.4. The molecule has 1 N–H and O–H groups in total. The number of nitrogens with one attached hydrogen (secondary N) is 1. The number of hydrogen-bond acceptors (Lipinski definition) is 2. The van der Waals surface area contributed by atoms with E-state index in [0.29, 0.717) is 6.04 Å². The van der Waals surface area contributed by atoms with Gasteiger partial charge in [-0.05, 0) is 62.4 Å². The van der Waals surface area contributed by atoms with Crippen molar-refractivity contribution < 1.29 is 4.74 Å². The van der Waals surface area contributed by atoms with Crippen LogP contribution in [0.3, 0.4) is 0 Å². The molecule has 94 valence electrons. The fourth-order valence-electron chi connectivity index (χ4n) is 2.62. The van der Waals surface area contributed by atoms with E-state index in [1.165, 1.54) is 34.0 Å². The third-order valence-electron chi connectivity index (χ3n) is 3.60. The van der Waals surface area contributed by atoms with Crippen LogP contribution in [0.15, 0.2) is 10.5 Å². The van der Waals surface area contributed by atoms with Crippen molar-refractivity contribution in [2.45, 2.75) is 39.2 Å². The Morgan fingerprint density at radius 1 is 1.47 bits per heavy atom. The lowest BCUT2D eigenvalue weighted by Gasteiger charge is -2.19. The molecule has 1 saturated heterocycles. The van der Waals surface area contributed by atoms with Crippen molar-refractivity contribution in [2.75, 3.05) is 13.7 Å². The summed E-state index contributed by atoms with van der Waals surface area (Å²) >= 11 is 3.63. The number of halogens is 1. The van der Waals surface area contributed by atoms with Crippen LogP contribution in [-0.4, -0.2) is 19.7 Å². The maximum atomic E-state index is 5.57. The summed E-state index contributed by atoms with van der Waals surface area (Å²) in [5.41, 5.74) is 3.86. The first-order chi connectivity index (χ1) is 8.13. The highest BCUT2D eigenvalue weighted by atomic mass is 79.9. The van der Waals surface area contributed by atoms with Crippen LogP contribution in [0.2, 0.25) is 0 Å². The van der Waals surface area contributed by atoms with Gasteiger partial charge in [0, 0.05) is 10.5 Å². The zero-order valence-corrected chi connectivity index (χ0v) is 12.4. The molecule has 0 bridgehead atoms. The van der Waals surface area contributed by atoms with E-state index in [1.807, 2.05) is 0 Å². The largest absolute Gasteiger partial charge is 0.496 e. The molecule has 0 amide bonds. The maximum absolute atomic E-state index is 5.57. The van der Waals surface area contributed by atoms with E-state index in [0.717, 1.165) is 18.7 Å². The third-order valence-corrected chi connectivity index (χ3v) is 4.43. The number of benzene rings is 1. The lowest BCUT2D eigenvalue weighted by atomic mass is 9.96. The highest BCUT2D eigenvalue weighted by Gasteiger charge is 2.20. The standard InChI is InChI=1S/C14H20BrNO/c1-9-7-13(15)10(2)12(14(9)17-3)8-11-5-4-6-16-11/h7,11,16H,4-6,8H2,1-3H3. The Kier molecular flexibility index (Phi) is 4.10. The van der Waals surface area contributed by atoms with Crippen LogP contribution in [0.5, 0.6) is 5.75 Å². The molecule has 1 aliphatic heterocycles. The zero-order valence-electron chi connectivity index (χ0n) is 10.8. The molecule has 0 saturated carbocycles.